The molecule has 11 heavy (non-hydrogen) atoms. The first-order chi connectivity index (χ1) is 5.24. The minimum atomic E-state index is 0.925. The molecule has 0 bridgehead atoms. The van der Waals surface area contributed by atoms with Crippen molar-refractivity contribution in [3.05, 3.63) is 23.3 Å². The van der Waals surface area contributed by atoms with Gasteiger partial charge in [-0.3, -0.25) is 4.79 Å². The molecule has 0 fully saturated rings. The Morgan fingerprint density at radius 2 is 2.36 bits per heavy atom. The summed E-state index contributed by atoms with van der Waals surface area (Å²) in [5.74, 6) is 0. The summed E-state index contributed by atoms with van der Waals surface area (Å²) >= 11 is 0. The van der Waals surface area contributed by atoms with E-state index in [0.717, 1.165) is 43.1 Å². The van der Waals surface area contributed by atoms with Crippen LogP contribution in [0.15, 0.2) is 23.3 Å². The van der Waals surface area contributed by atoms with Gasteiger partial charge < -0.3 is 0 Å². The van der Waals surface area contributed by atoms with Crippen molar-refractivity contribution < 1.29 is 4.79 Å². The van der Waals surface area contributed by atoms with Crippen molar-refractivity contribution in [2.75, 3.05) is 0 Å². The SMILES string of the molecule is C=C(C)CC1=C(C=O)CCC1. The third-order valence-corrected chi connectivity index (χ3v) is 2.04. The summed E-state index contributed by atoms with van der Waals surface area (Å²) < 4.78 is 0. The molecule has 0 aromatic carbocycles. The molecule has 1 aliphatic rings. The first-order valence-electron chi connectivity index (χ1n) is 4.04. The van der Waals surface area contributed by atoms with Gasteiger partial charge in [-0.1, -0.05) is 17.7 Å². The average Bonchev–Trinajstić information content (AvgIpc) is 2.34. The fourth-order valence-corrected chi connectivity index (χ4v) is 1.54. The van der Waals surface area contributed by atoms with E-state index in [1.54, 1.807) is 0 Å². The van der Waals surface area contributed by atoms with Gasteiger partial charge in [0.15, 0.2) is 0 Å². The van der Waals surface area contributed by atoms with Gasteiger partial charge in [0.05, 0.1) is 0 Å². The molecule has 0 N–H and O–H groups in total. The molecule has 60 valence electrons. The molecule has 0 aromatic heterocycles. The standard InChI is InChI=1S/C10H14O/c1-8(2)6-9-4-3-5-10(9)7-11/h7H,1,3-6H2,2H3. The van der Waals surface area contributed by atoms with E-state index in [-0.39, 0.29) is 0 Å². The molecule has 0 radical (unpaired) electrons. The maximum absolute atomic E-state index is 10.5. The summed E-state index contributed by atoms with van der Waals surface area (Å²) in [7, 11) is 0. The van der Waals surface area contributed by atoms with E-state index in [0.29, 0.717) is 0 Å². The van der Waals surface area contributed by atoms with E-state index in [1.807, 2.05) is 6.92 Å². The molecule has 0 aromatic rings. The first-order valence-corrected chi connectivity index (χ1v) is 4.04. The Morgan fingerprint density at radius 1 is 1.64 bits per heavy atom. The highest BCUT2D eigenvalue weighted by molar-refractivity contribution is 5.75. The van der Waals surface area contributed by atoms with Gasteiger partial charge in [-0.2, -0.15) is 0 Å². The monoisotopic (exact) mass is 150 g/mol. The predicted octanol–water partition coefficient (Wildman–Crippen LogP) is 2.63. The van der Waals surface area contributed by atoms with Crippen LogP contribution in [0.2, 0.25) is 0 Å². The largest absolute Gasteiger partial charge is 0.298 e. The zero-order valence-electron chi connectivity index (χ0n) is 7.02. The number of hydrogen-bond donors (Lipinski definition) is 0. The van der Waals surface area contributed by atoms with Crippen molar-refractivity contribution in [3.8, 4) is 0 Å². The molecule has 1 heteroatoms. The van der Waals surface area contributed by atoms with Crippen molar-refractivity contribution in [2.24, 2.45) is 0 Å². The minimum absolute atomic E-state index is 0.925. The highest BCUT2D eigenvalue weighted by Crippen LogP contribution is 2.28. The summed E-state index contributed by atoms with van der Waals surface area (Å²) in [6.07, 6.45) is 5.16. The molecule has 0 heterocycles. The maximum atomic E-state index is 10.5. The Kier molecular flexibility index (Phi) is 2.64. The summed E-state index contributed by atoms with van der Waals surface area (Å²) in [4.78, 5) is 10.5. The van der Waals surface area contributed by atoms with Gasteiger partial charge in [-0.25, -0.2) is 0 Å². The van der Waals surface area contributed by atoms with Gasteiger partial charge in [-0.15, -0.1) is 0 Å². The number of allylic oxidation sites excluding steroid dienone is 3. The number of rotatable bonds is 3. The molecule has 1 rings (SSSR count). The Bertz CT molecular complexity index is 211. The molecule has 0 saturated heterocycles. The second kappa shape index (κ2) is 3.51. The van der Waals surface area contributed by atoms with Crippen LogP contribution >= 0.6 is 0 Å². The van der Waals surface area contributed by atoms with Crippen LogP contribution in [0.4, 0.5) is 0 Å². The predicted molar refractivity (Wildman–Crippen MR) is 46.4 cm³/mol. The van der Waals surface area contributed by atoms with Crippen molar-refractivity contribution in [1.82, 2.24) is 0 Å². The van der Waals surface area contributed by atoms with Crippen LogP contribution in [-0.4, -0.2) is 6.29 Å². The lowest BCUT2D eigenvalue weighted by Crippen LogP contribution is -1.85. The molecular weight excluding hydrogens is 136 g/mol. The Labute approximate surface area is 67.8 Å². The summed E-state index contributed by atoms with van der Waals surface area (Å²) in [6, 6.07) is 0. The van der Waals surface area contributed by atoms with E-state index in [2.05, 4.69) is 6.58 Å². The quantitative estimate of drug-likeness (QED) is 0.446. The minimum Gasteiger partial charge on any atom is -0.298 e. The zero-order chi connectivity index (χ0) is 8.27. The Hall–Kier alpha value is -0.850. The van der Waals surface area contributed by atoms with Crippen LogP contribution in [0, 0.1) is 0 Å². The molecule has 1 aliphatic carbocycles. The van der Waals surface area contributed by atoms with Crippen LogP contribution in [-0.2, 0) is 4.79 Å². The lowest BCUT2D eigenvalue weighted by Gasteiger charge is -2.00. The van der Waals surface area contributed by atoms with Gasteiger partial charge in [0.25, 0.3) is 0 Å². The Balaban J connectivity index is 2.67. The fourth-order valence-electron chi connectivity index (χ4n) is 1.54. The zero-order valence-corrected chi connectivity index (χ0v) is 7.02. The molecule has 0 unspecified atom stereocenters. The van der Waals surface area contributed by atoms with Gasteiger partial charge >= 0.3 is 0 Å². The van der Waals surface area contributed by atoms with E-state index in [1.165, 1.54) is 5.57 Å². The van der Waals surface area contributed by atoms with Gasteiger partial charge in [0.1, 0.15) is 6.29 Å². The normalized spacial score (nSPS) is 17.2. The van der Waals surface area contributed by atoms with Crippen LogP contribution in [0.25, 0.3) is 0 Å². The van der Waals surface area contributed by atoms with Crippen molar-refractivity contribution >= 4 is 6.29 Å². The number of hydrogen-bond acceptors (Lipinski definition) is 1. The van der Waals surface area contributed by atoms with E-state index >= 15 is 0 Å². The van der Waals surface area contributed by atoms with E-state index in [9.17, 15) is 4.79 Å². The summed E-state index contributed by atoms with van der Waals surface area (Å²) in [5.41, 5.74) is 3.49. The van der Waals surface area contributed by atoms with Crippen molar-refractivity contribution in [2.45, 2.75) is 32.6 Å². The van der Waals surface area contributed by atoms with Gasteiger partial charge in [0, 0.05) is 0 Å². The average molecular weight is 150 g/mol. The number of carbonyl (C=O) groups is 1. The second-order valence-electron chi connectivity index (χ2n) is 3.23. The van der Waals surface area contributed by atoms with Crippen LogP contribution in [0.3, 0.4) is 0 Å². The maximum Gasteiger partial charge on any atom is 0.145 e. The summed E-state index contributed by atoms with van der Waals surface area (Å²) in [5, 5.41) is 0. The third kappa shape index (κ3) is 2.04. The molecular formula is C10H14O. The van der Waals surface area contributed by atoms with Crippen LogP contribution in [0.5, 0.6) is 0 Å². The number of carbonyl (C=O) groups excluding carboxylic acids is 1. The highest BCUT2D eigenvalue weighted by Gasteiger charge is 2.12. The topological polar surface area (TPSA) is 17.1 Å². The molecule has 0 spiro atoms. The van der Waals surface area contributed by atoms with Crippen LogP contribution < -0.4 is 0 Å². The molecule has 0 aliphatic heterocycles. The smallest absolute Gasteiger partial charge is 0.145 e. The van der Waals surface area contributed by atoms with Crippen molar-refractivity contribution in [1.29, 1.82) is 0 Å². The lowest BCUT2D eigenvalue weighted by atomic mass is 10.1. The van der Waals surface area contributed by atoms with Gasteiger partial charge in [0.2, 0.25) is 0 Å². The van der Waals surface area contributed by atoms with E-state index < -0.39 is 0 Å². The van der Waals surface area contributed by atoms with Crippen molar-refractivity contribution in [3.63, 3.8) is 0 Å². The highest BCUT2D eigenvalue weighted by atomic mass is 16.1. The van der Waals surface area contributed by atoms with Crippen LogP contribution in [0.1, 0.15) is 32.6 Å². The first kappa shape index (κ1) is 8.25. The van der Waals surface area contributed by atoms with Gasteiger partial charge in [-0.05, 0) is 38.2 Å². The number of aldehydes is 1. The lowest BCUT2D eigenvalue weighted by molar-refractivity contribution is -0.105. The molecule has 0 amide bonds. The summed E-state index contributed by atoms with van der Waals surface area (Å²) in [6.45, 7) is 5.84. The third-order valence-electron chi connectivity index (χ3n) is 2.04. The van der Waals surface area contributed by atoms with E-state index in [4.69, 9.17) is 0 Å². The molecule has 0 atom stereocenters. The molecule has 1 nitrogen and oxygen atoms in total. The Morgan fingerprint density at radius 3 is 2.91 bits per heavy atom. The second-order valence-corrected chi connectivity index (χ2v) is 3.23. The molecule has 0 saturated carbocycles. The fraction of sp³-hybridized carbons (Fsp3) is 0.500.